The second-order valence-corrected chi connectivity index (χ2v) is 13.3. The molecule has 2 heterocycles. The van der Waals surface area contributed by atoms with Gasteiger partial charge in [-0.3, -0.25) is 0 Å². The number of aliphatic hydroxyl groups excluding tert-OH is 1. The van der Waals surface area contributed by atoms with Crippen LogP contribution in [0.3, 0.4) is 0 Å². The van der Waals surface area contributed by atoms with Crippen molar-refractivity contribution >= 4 is 23.8 Å². The number of hydrogen-bond acceptors (Lipinski definition) is 11. The zero-order valence-corrected chi connectivity index (χ0v) is 29.5. The van der Waals surface area contributed by atoms with E-state index < -0.39 is 24.3 Å². The lowest BCUT2D eigenvalue weighted by Gasteiger charge is -2.41. The highest BCUT2D eigenvalue weighted by Crippen LogP contribution is 2.43. The first-order valence-corrected chi connectivity index (χ1v) is 17.8. The molecule has 13 nitrogen and oxygen atoms in total. The third-order valence-corrected chi connectivity index (χ3v) is 9.82. The number of aromatic hydroxyl groups is 1. The lowest BCUT2D eigenvalue weighted by atomic mass is 9.91. The van der Waals surface area contributed by atoms with Gasteiger partial charge in [-0.2, -0.15) is 4.68 Å². The Morgan fingerprint density at radius 1 is 0.904 bits per heavy atom. The van der Waals surface area contributed by atoms with Gasteiger partial charge >= 0.3 is 12.0 Å². The number of benzene rings is 4. The van der Waals surface area contributed by atoms with Gasteiger partial charge in [-0.1, -0.05) is 97.5 Å². The van der Waals surface area contributed by atoms with Gasteiger partial charge in [-0.05, 0) is 56.9 Å². The van der Waals surface area contributed by atoms with Crippen molar-refractivity contribution in [2.24, 2.45) is 5.92 Å². The first-order chi connectivity index (χ1) is 25.3. The number of tetrazole rings is 1. The van der Waals surface area contributed by atoms with Crippen LogP contribution in [0.25, 0.3) is 5.69 Å². The van der Waals surface area contributed by atoms with Crippen molar-refractivity contribution in [2.75, 3.05) is 12.9 Å². The van der Waals surface area contributed by atoms with Gasteiger partial charge in [0, 0.05) is 30.2 Å². The highest BCUT2D eigenvalue weighted by Gasteiger charge is 2.38. The first-order valence-electron chi connectivity index (χ1n) is 16.8. The summed E-state index contributed by atoms with van der Waals surface area (Å²) in [6.07, 6.45) is -0.965. The normalized spacial score (nSPS) is 19.1. The number of thioether (sulfide) groups is 1. The molecule has 0 unspecified atom stereocenters. The molecule has 5 atom stereocenters. The minimum Gasteiger partial charge on any atom is -0.508 e. The van der Waals surface area contributed by atoms with Crippen molar-refractivity contribution < 1.29 is 34.0 Å². The van der Waals surface area contributed by atoms with E-state index >= 15 is 0 Å². The molecule has 1 aliphatic rings. The number of urea groups is 1. The highest BCUT2D eigenvalue weighted by molar-refractivity contribution is 7.99. The largest absolute Gasteiger partial charge is 0.508 e. The molecule has 2 amide bonds. The van der Waals surface area contributed by atoms with Gasteiger partial charge in [0.25, 0.3) is 0 Å². The monoisotopic (exact) mass is 724 g/mol. The molecule has 52 heavy (non-hydrogen) atoms. The minimum absolute atomic E-state index is 0.0511. The number of amides is 2. The number of ether oxygens (including phenoxy) is 3. The number of carbonyl (C=O) groups is 2. The average Bonchev–Trinajstić information content (AvgIpc) is 3.66. The number of aliphatic hydroxyl groups is 1. The summed E-state index contributed by atoms with van der Waals surface area (Å²) in [6, 6.07) is 30.0. The average molecular weight is 725 g/mol. The molecule has 0 spiro atoms. The maximum atomic E-state index is 12.8. The summed E-state index contributed by atoms with van der Waals surface area (Å²) in [7, 11) is 1.29. The van der Waals surface area contributed by atoms with Crippen molar-refractivity contribution in [2.45, 2.75) is 56.2 Å². The second kappa shape index (κ2) is 17.3. The molecule has 1 aromatic heterocycles. The molecule has 0 bridgehead atoms. The number of aromatic nitrogens is 4. The quantitative estimate of drug-likeness (QED) is 0.0950. The van der Waals surface area contributed by atoms with Crippen LogP contribution in [-0.4, -0.2) is 67.4 Å². The van der Waals surface area contributed by atoms with Gasteiger partial charge < -0.3 is 35.1 Å². The number of phenolic OH excluding ortho intramolecular Hbond substituents is 1. The molecule has 270 valence electrons. The summed E-state index contributed by atoms with van der Waals surface area (Å²) in [5, 5.41) is 37.6. The zero-order valence-electron chi connectivity index (χ0n) is 28.7. The van der Waals surface area contributed by atoms with E-state index in [0.717, 1.165) is 27.8 Å². The first kappa shape index (κ1) is 36.5. The zero-order chi connectivity index (χ0) is 36.5. The highest BCUT2D eigenvalue weighted by atomic mass is 32.2. The molecule has 0 radical (unpaired) electrons. The Hall–Kier alpha value is -5.28. The molecule has 4 aromatic carbocycles. The number of nitrogens with zero attached hydrogens (tertiary/aromatic N) is 4. The van der Waals surface area contributed by atoms with Gasteiger partial charge in [0.1, 0.15) is 11.8 Å². The molecule has 0 aliphatic carbocycles. The van der Waals surface area contributed by atoms with Gasteiger partial charge in [-0.25, -0.2) is 9.59 Å². The molecule has 5 aromatic rings. The Labute approximate surface area is 305 Å². The Kier molecular flexibility index (Phi) is 12.1. The van der Waals surface area contributed by atoms with Gasteiger partial charge in [-0.15, -0.1) is 5.10 Å². The van der Waals surface area contributed by atoms with Crippen LogP contribution in [0.5, 0.6) is 5.75 Å². The summed E-state index contributed by atoms with van der Waals surface area (Å²) in [4.78, 5) is 25.1. The SMILES string of the molecule is COC(=O)[C@H](Cc1ccccc1)NC(=O)NCc1ccc([C@@H]2O[C@H](CSc3nnnn3-c3ccc(O)cc3)[C@H](C)[C@H](c3ccc(CO)cc3)O2)cc1. The predicted molar refractivity (Wildman–Crippen MR) is 192 cm³/mol. The smallest absolute Gasteiger partial charge is 0.328 e. The molecule has 6 rings (SSSR count). The lowest BCUT2D eigenvalue weighted by Crippen LogP contribution is -2.47. The third-order valence-electron chi connectivity index (χ3n) is 8.81. The van der Waals surface area contributed by atoms with Crippen molar-refractivity contribution in [3.05, 3.63) is 131 Å². The number of hydrogen-bond donors (Lipinski definition) is 4. The van der Waals surface area contributed by atoms with Gasteiger partial charge in [0.2, 0.25) is 5.16 Å². The summed E-state index contributed by atoms with van der Waals surface area (Å²) < 4.78 is 19.7. The van der Waals surface area contributed by atoms with E-state index in [1.807, 2.05) is 78.9 Å². The number of carbonyl (C=O) groups excluding carboxylic acids is 2. The van der Waals surface area contributed by atoms with Crippen LogP contribution < -0.4 is 10.6 Å². The van der Waals surface area contributed by atoms with Gasteiger partial charge in [0.05, 0.1) is 31.6 Å². The molecular formula is C38H40N6O7S. The van der Waals surface area contributed by atoms with Crippen molar-refractivity contribution in [1.82, 2.24) is 30.8 Å². The van der Waals surface area contributed by atoms with E-state index in [2.05, 4.69) is 33.1 Å². The van der Waals surface area contributed by atoms with Crippen LogP contribution in [0.15, 0.2) is 108 Å². The fourth-order valence-electron chi connectivity index (χ4n) is 5.86. The van der Waals surface area contributed by atoms with Crippen LogP contribution in [0.2, 0.25) is 0 Å². The number of phenols is 1. The fourth-order valence-corrected chi connectivity index (χ4v) is 6.91. The Bertz CT molecular complexity index is 1910. The number of rotatable bonds is 13. The van der Waals surface area contributed by atoms with Crippen LogP contribution >= 0.6 is 11.8 Å². The van der Waals surface area contributed by atoms with E-state index in [-0.39, 0.29) is 37.0 Å². The Balaban J connectivity index is 1.13. The van der Waals surface area contributed by atoms with Crippen LogP contribution in [0.4, 0.5) is 4.79 Å². The molecular weight excluding hydrogens is 685 g/mol. The van der Waals surface area contributed by atoms with E-state index in [9.17, 15) is 19.8 Å². The maximum absolute atomic E-state index is 12.8. The maximum Gasteiger partial charge on any atom is 0.328 e. The van der Waals surface area contributed by atoms with E-state index in [1.165, 1.54) is 18.9 Å². The summed E-state index contributed by atoms with van der Waals surface area (Å²) >= 11 is 1.46. The minimum atomic E-state index is -0.836. The van der Waals surface area contributed by atoms with Gasteiger partial charge in [0.15, 0.2) is 6.29 Å². The third kappa shape index (κ3) is 9.14. The van der Waals surface area contributed by atoms with E-state index in [0.29, 0.717) is 23.0 Å². The molecule has 1 aliphatic heterocycles. The van der Waals surface area contributed by atoms with Crippen LogP contribution in [-0.2, 0) is 38.6 Å². The molecule has 0 saturated carbocycles. The second-order valence-electron chi connectivity index (χ2n) is 12.4. The van der Waals surface area contributed by atoms with Crippen LogP contribution in [0.1, 0.15) is 47.1 Å². The molecule has 1 saturated heterocycles. The fraction of sp³-hybridized carbons (Fsp3) is 0.289. The summed E-state index contributed by atoms with van der Waals surface area (Å²) in [5.74, 6) is 0.0936. The summed E-state index contributed by atoms with van der Waals surface area (Å²) in [5.41, 5.74) is 5.03. The van der Waals surface area contributed by atoms with Crippen molar-refractivity contribution in [3.8, 4) is 11.4 Å². The van der Waals surface area contributed by atoms with Crippen LogP contribution in [0, 0.1) is 5.92 Å². The topological polar surface area (TPSA) is 170 Å². The molecule has 4 N–H and O–H groups in total. The molecule has 14 heteroatoms. The van der Waals surface area contributed by atoms with E-state index in [1.54, 1.807) is 28.9 Å². The van der Waals surface area contributed by atoms with Crippen molar-refractivity contribution in [3.63, 3.8) is 0 Å². The predicted octanol–water partition coefficient (Wildman–Crippen LogP) is 5.03. The lowest BCUT2D eigenvalue weighted by molar-refractivity contribution is -0.268. The Morgan fingerprint density at radius 3 is 2.29 bits per heavy atom. The number of methoxy groups -OCH3 is 1. The van der Waals surface area contributed by atoms with E-state index in [4.69, 9.17) is 14.2 Å². The molecule has 1 fully saturated rings. The Morgan fingerprint density at radius 2 is 1.60 bits per heavy atom. The summed E-state index contributed by atoms with van der Waals surface area (Å²) in [6.45, 7) is 2.26. The van der Waals surface area contributed by atoms with Crippen molar-refractivity contribution in [1.29, 1.82) is 0 Å². The standard InChI is InChI=1S/C38H40N6O7S/c1-24-33(23-52-38-41-42-43-44(38)30-16-18-31(46)19-17-30)50-36(51-34(24)28-12-10-27(22-45)11-13-28)29-14-8-26(9-15-29)21-39-37(48)40-32(35(47)49-2)20-25-6-4-3-5-7-25/h3-19,24,32-34,36,45-46H,20-23H2,1-2H3,(H2,39,40,48)/t24-,32-,33+,34+,36+/m0/s1. The number of nitrogens with one attached hydrogen (secondary N) is 2. The number of esters is 1.